The van der Waals surface area contributed by atoms with Gasteiger partial charge in [-0.2, -0.15) is 5.10 Å². The van der Waals surface area contributed by atoms with E-state index in [4.69, 9.17) is 14.2 Å². The molecule has 0 unspecified atom stereocenters. The Balaban J connectivity index is 1.60. The van der Waals surface area contributed by atoms with E-state index < -0.39 is 0 Å². The molecule has 2 atom stereocenters. The number of aromatic amines is 1. The van der Waals surface area contributed by atoms with Gasteiger partial charge in [0, 0.05) is 43.4 Å². The summed E-state index contributed by atoms with van der Waals surface area (Å²) in [6.45, 7) is 2.74. The molecule has 1 fully saturated rings. The number of likely N-dealkylation sites (tertiary alicyclic amines) is 1. The van der Waals surface area contributed by atoms with E-state index in [1.807, 2.05) is 18.3 Å². The summed E-state index contributed by atoms with van der Waals surface area (Å²) in [5.74, 6) is 2.79. The molecule has 1 aliphatic rings. The molecule has 3 aromatic rings. The van der Waals surface area contributed by atoms with Crippen molar-refractivity contribution in [3.63, 3.8) is 0 Å². The molecule has 0 aliphatic carbocycles. The van der Waals surface area contributed by atoms with Crippen LogP contribution in [0.1, 0.15) is 28.7 Å². The summed E-state index contributed by atoms with van der Waals surface area (Å²) in [5, 5.41) is 7.36. The molecular weight excluding hydrogens is 366 g/mol. The van der Waals surface area contributed by atoms with Crippen LogP contribution in [0.15, 0.2) is 54.7 Å². The average molecular weight is 393 g/mol. The van der Waals surface area contributed by atoms with Gasteiger partial charge in [0.05, 0.1) is 21.3 Å². The normalized spacial score (nSPS) is 19.3. The van der Waals surface area contributed by atoms with Crippen molar-refractivity contribution in [2.45, 2.75) is 18.4 Å². The second-order valence-corrected chi connectivity index (χ2v) is 7.36. The summed E-state index contributed by atoms with van der Waals surface area (Å²) >= 11 is 0. The van der Waals surface area contributed by atoms with Crippen molar-refractivity contribution >= 4 is 0 Å². The maximum Gasteiger partial charge on any atom is 0.203 e. The first-order valence-corrected chi connectivity index (χ1v) is 9.79. The second-order valence-electron chi connectivity index (χ2n) is 7.36. The third kappa shape index (κ3) is 3.93. The summed E-state index contributed by atoms with van der Waals surface area (Å²) < 4.78 is 16.5. The zero-order chi connectivity index (χ0) is 20.2. The Morgan fingerprint density at radius 2 is 1.62 bits per heavy atom. The Kier molecular flexibility index (Phi) is 5.71. The van der Waals surface area contributed by atoms with Crippen molar-refractivity contribution in [3.8, 4) is 17.2 Å². The third-order valence-corrected chi connectivity index (χ3v) is 5.68. The van der Waals surface area contributed by atoms with Crippen molar-refractivity contribution in [2.24, 2.45) is 0 Å². The quantitative estimate of drug-likeness (QED) is 0.661. The first-order valence-electron chi connectivity index (χ1n) is 9.79. The fourth-order valence-electron chi connectivity index (χ4n) is 4.33. The van der Waals surface area contributed by atoms with Crippen LogP contribution in [-0.4, -0.2) is 49.5 Å². The van der Waals surface area contributed by atoms with Crippen LogP contribution in [0.3, 0.4) is 0 Å². The van der Waals surface area contributed by atoms with E-state index in [9.17, 15) is 0 Å². The smallest absolute Gasteiger partial charge is 0.203 e. The van der Waals surface area contributed by atoms with Gasteiger partial charge in [0.15, 0.2) is 11.5 Å². The summed E-state index contributed by atoms with van der Waals surface area (Å²) in [6.07, 6.45) is 1.83. The van der Waals surface area contributed by atoms with Crippen LogP contribution >= 0.6 is 0 Å². The molecule has 2 heterocycles. The van der Waals surface area contributed by atoms with Crippen molar-refractivity contribution in [3.05, 3.63) is 71.5 Å². The number of H-pyrrole nitrogens is 1. The highest BCUT2D eigenvalue weighted by Crippen LogP contribution is 2.41. The van der Waals surface area contributed by atoms with Gasteiger partial charge in [0.1, 0.15) is 0 Å². The number of benzene rings is 2. The first kappa shape index (κ1) is 19.3. The van der Waals surface area contributed by atoms with Gasteiger partial charge in [-0.3, -0.25) is 10.00 Å². The van der Waals surface area contributed by atoms with E-state index in [0.717, 1.165) is 25.2 Å². The molecule has 2 aromatic carbocycles. The molecule has 152 valence electrons. The number of nitrogens with one attached hydrogen (secondary N) is 1. The Bertz CT molecular complexity index is 903. The van der Waals surface area contributed by atoms with E-state index >= 15 is 0 Å². The molecule has 1 saturated heterocycles. The first-order chi connectivity index (χ1) is 14.2. The van der Waals surface area contributed by atoms with E-state index in [2.05, 4.69) is 51.5 Å². The fraction of sp³-hybridized carbons (Fsp3) is 0.348. The molecule has 0 saturated carbocycles. The largest absolute Gasteiger partial charge is 0.493 e. The molecule has 1 N–H and O–H groups in total. The molecule has 0 spiro atoms. The van der Waals surface area contributed by atoms with E-state index in [0.29, 0.717) is 29.1 Å². The summed E-state index contributed by atoms with van der Waals surface area (Å²) in [5.41, 5.74) is 3.68. The SMILES string of the molecule is COc1cc(CN2C[C@@H](c3ccccc3)[C@H](c3ccn[nH]3)C2)cc(OC)c1OC. The number of methoxy groups -OCH3 is 3. The van der Waals surface area contributed by atoms with Gasteiger partial charge in [-0.05, 0) is 29.3 Å². The summed E-state index contributed by atoms with van der Waals surface area (Å²) in [4.78, 5) is 2.48. The molecule has 0 bridgehead atoms. The number of ether oxygens (including phenoxy) is 3. The van der Waals surface area contributed by atoms with E-state index in [1.54, 1.807) is 21.3 Å². The van der Waals surface area contributed by atoms with Gasteiger partial charge in [-0.1, -0.05) is 30.3 Å². The van der Waals surface area contributed by atoms with Crippen molar-refractivity contribution in [2.75, 3.05) is 34.4 Å². The summed E-state index contributed by atoms with van der Waals surface area (Å²) in [7, 11) is 4.92. The van der Waals surface area contributed by atoms with Crippen LogP contribution in [-0.2, 0) is 6.54 Å². The number of hydrogen-bond acceptors (Lipinski definition) is 5. The molecule has 4 rings (SSSR count). The number of nitrogens with zero attached hydrogens (tertiary/aromatic N) is 2. The Morgan fingerprint density at radius 3 is 2.21 bits per heavy atom. The van der Waals surface area contributed by atoms with Crippen molar-refractivity contribution in [1.29, 1.82) is 0 Å². The van der Waals surface area contributed by atoms with Crippen LogP contribution in [0.4, 0.5) is 0 Å². The second kappa shape index (κ2) is 8.57. The van der Waals surface area contributed by atoms with E-state index in [-0.39, 0.29) is 0 Å². The van der Waals surface area contributed by atoms with Gasteiger partial charge in [-0.15, -0.1) is 0 Å². The highest BCUT2D eigenvalue weighted by atomic mass is 16.5. The van der Waals surface area contributed by atoms with Gasteiger partial charge in [0.2, 0.25) is 5.75 Å². The Labute approximate surface area is 171 Å². The number of hydrogen-bond donors (Lipinski definition) is 1. The predicted octanol–water partition coefficient (Wildman–Crippen LogP) is 3.82. The lowest BCUT2D eigenvalue weighted by Gasteiger charge is -2.19. The monoisotopic (exact) mass is 393 g/mol. The maximum atomic E-state index is 5.52. The van der Waals surface area contributed by atoms with Crippen LogP contribution in [0.5, 0.6) is 17.2 Å². The fourth-order valence-corrected chi connectivity index (χ4v) is 4.33. The minimum atomic E-state index is 0.377. The number of aromatic nitrogens is 2. The van der Waals surface area contributed by atoms with Gasteiger partial charge in [-0.25, -0.2) is 0 Å². The number of rotatable bonds is 7. The average Bonchev–Trinajstić information content (AvgIpc) is 3.43. The van der Waals surface area contributed by atoms with Crippen LogP contribution in [0.2, 0.25) is 0 Å². The zero-order valence-corrected chi connectivity index (χ0v) is 17.1. The molecule has 0 radical (unpaired) electrons. The van der Waals surface area contributed by atoms with Crippen LogP contribution in [0.25, 0.3) is 0 Å². The zero-order valence-electron chi connectivity index (χ0n) is 17.1. The molecule has 6 heteroatoms. The lowest BCUT2D eigenvalue weighted by molar-refractivity contribution is 0.311. The predicted molar refractivity (Wildman–Crippen MR) is 112 cm³/mol. The molecular formula is C23H27N3O3. The lowest BCUT2D eigenvalue weighted by atomic mass is 9.87. The minimum Gasteiger partial charge on any atom is -0.493 e. The molecule has 0 amide bonds. The topological polar surface area (TPSA) is 59.6 Å². The molecule has 1 aromatic heterocycles. The van der Waals surface area contributed by atoms with Crippen LogP contribution < -0.4 is 14.2 Å². The maximum absolute atomic E-state index is 5.52. The lowest BCUT2D eigenvalue weighted by Crippen LogP contribution is -2.20. The van der Waals surface area contributed by atoms with Crippen LogP contribution in [0, 0.1) is 0 Å². The summed E-state index contributed by atoms with van der Waals surface area (Å²) in [6, 6.07) is 16.9. The van der Waals surface area contributed by atoms with Gasteiger partial charge in [0.25, 0.3) is 0 Å². The van der Waals surface area contributed by atoms with Gasteiger partial charge < -0.3 is 14.2 Å². The Morgan fingerprint density at radius 1 is 0.931 bits per heavy atom. The highest BCUT2D eigenvalue weighted by molar-refractivity contribution is 5.53. The Hall–Kier alpha value is -2.99. The highest BCUT2D eigenvalue weighted by Gasteiger charge is 2.35. The molecule has 29 heavy (non-hydrogen) atoms. The third-order valence-electron chi connectivity index (χ3n) is 5.68. The molecule has 1 aliphatic heterocycles. The molecule has 6 nitrogen and oxygen atoms in total. The van der Waals surface area contributed by atoms with Crippen molar-refractivity contribution < 1.29 is 14.2 Å². The minimum absolute atomic E-state index is 0.377. The van der Waals surface area contributed by atoms with Crippen molar-refractivity contribution in [1.82, 2.24) is 15.1 Å². The standard InChI is InChI=1S/C23H27N3O3/c1-27-21-11-16(12-22(28-2)23(21)29-3)13-26-14-18(17-7-5-4-6-8-17)19(15-26)20-9-10-24-25-20/h4-12,18-19H,13-15H2,1-3H3,(H,24,25)/t18-,19+/m0/s1. The van der Waals surface area contributed by atoms with E-state index in [1.165, 1.54) is 11.3 Å². The van der Waals surface area contributed by atoms with Gasteiger partial charge >= 0.3 is 0 Å².